The van der Waals surface area contributed by atoms with Gasteiger partial charge >= 0.3 is 0 Å². The monoisotopic (exact) mass is 561 g/mol. The fourth-order valence-corrected chi connectivity index (χ4v) is 10.3. The molecular weight excluding hydrogens is 528 g/mol. The van der Waals surface area contributed by atoms with Crippen LogP contribution in [-0.4, -0.2) is 35.0 Å². The molecule has 3 atom stereocenters. The number of aliphatic hydroxyl groups excluding tert-OH is 1. The van der Waals surface area contributed by atoms with E-state index < -0.39 is 44.1 Å². The maximum Gasteiger partial charge on any atom is 0.262 e. The Hall–Kier alpha value is -3.66. The summed E-state index contributed by atoms with van der Waals surface area (Å²) in [5.41, 5.74) is 0.443. The van der Waals surface area contributed by atoms with Gasteiger partial charge in [0, 0.05) is 18.7 Å². The van der Waals surface area contributed by atoms with Crippen LogP contribution < -0.4 is 15.7 Å². The SMILES string of the molecule is C[C@@H](O)C(=O)Nc1cn2c(n1)C(O[Si](c1ccccc1)(c1ccccc1)C(C)(C)C)CC2c1cc(F)cc(F)c1. The molecule has 2 N–H and O–H groups in total. The Balaban J connectivity index is 1.66. The number of nitrogens with one attached hydrogen (secondary N) is 1. The van der Waals surface area contributed by atoms with E-state index in [1.54, 1.807) is 6.20 Å². The fraction of sp³-hybridized carbons (Fsp3) is 0.290. The molecule has 208 valence electrons. The zero-order valence-corrected chi connectivity index (χ0v) is 23.9. The van der Waals surface area contributed by atoms with Crippen molar-refractivity contribution in [3.8, 4) is 0 Å². The van der Waals surface area contributed by atoms with Crippen molar-refractivity contribution in [2.24, 2.45) is 0 Å². The van der Waals surface area contributed by atoms with Gasteiger partial charge in [0.15, 0.2) is 5.82 Å². The van der Waals surface area contributed by atoms with E-state index in [0.29, 0.717) is 17.8 Å². The van der Waals surface area contributed by atoms with Crippen molar-refractivity contribution < 1.29 is 23.1 Å². The molecule has 0 saturated heterocycles. The van der Waals surface area contributed by atoms with Gasteiger partial charge < -0.3 is 19.4 Å². The first-order valence-electron chi connectivity index (χ1n) is 13.3. The minimum Gasteiger partial charge on any atom is -0.397 e. The second kappa shape index (κ2) is 10.7. The number of nitrogens with zero attached hydrogens (tertiary/aromatic N) is 2. The summed E-state index contributed by atoms with van der Waals surface area (Å²) in [4.78, 5) is 17.0. The molecule has 3 aromatic carbocycles. The highest BCUT2D eigenvalue weighted by atomic mass is 28.4. The van der Waals surface area contributed by atoms with E-state index in [-0.39, 0.29) is 10.9 Å². The summed E-state index contributed by atoms with van der Waals surface area (Å²) in [6.45, 7) is 7.89. The van der Waals surface area contributed by atoms with Gasteiger partial charge in [0.1, 0.15) is 29.7 Å². The lowest BCUT2D eigenvalue weighted by molar-refractivity contribution is -0.123. The number of imidazole rings is 1. The molecule has 0 aliphatic carbocycles. The molecule has 0 saturated carbocycles. The molecule has 1 aliphatic heterocycles. The number of fused-ring (bicyclic) bond motifs is 1. The second-order valence-electron chi connectivity index (χ2n) is 11.3. The van der Waals surface area contributed by atoms with Crippen molar-refractivity contribution >= 4 is 30.4 Å². The second-order valence-corrected chi connectivity index (χ2v) is 15.5. The highest BCUT2D eigenvalue weighted by Crippen LogP contribution is 2.46. The minimum absolute atomic E-state index is 0.235. The largest absolute Gasteiger partial charge is 0.397 e. The van der Waals surface area contributed by atoms with Gasteiger partial charge in [-0.05, 0) is 40.0 Å². The summed E-state index contributed by atoms with van der Waals surface area (Å²) in [5, 5.41) is 14.2. The number of carbonyl (C=O) groups excluding carboxylic acids is 1. The normalized spacial score (nSPS) is 17.9. The Bertz CT molecular complexity index is 1440. The van der Waals surface area contributed by atoms with E-state index in [4.69, 9.17) is 9.41 Å². The zero-order valence-electron chi connectivity index (χ0n) is 22.9. The quantitative estimate of drug-likeness (QED) is 0.308. The molecule has 5 rings (SSSR count). The molecule has 40 heavy (non-hydrogen) atoms. The summed E-state index contributed by atoms with van der Waals surface area (Å²) >= 11 is 0. The van der Waals surface area contributed by atoms with Crippen molar-refractivity contribution in [3.05, 3.63) is 108 Å². The Morgan fingerprint density at radius 2 is 1.57 bits per heavy atom. The van der Waals surface area contributed by atoms with Crippen LogP contribution in [0.5, 0.6) is 0 Å². The molecule has 0 spiro atoms. The van der Waals surface area contributed by atoms with Crippen LogP contribution in [-0.2, 0) is 9.22 Å². The van der Waals surface area contributed by atoms with Gasteiger partial charge in [0.05, 0.1) is 6.04 Å². The smallest absolute Gasteiger partial charge is 0.262 e. The van der Waals surface area contributed by atoms with Gasteiger partial charge in [0.2, 0.25) is 0 Å². The molecule has 1 aromatic heterocycles. The Morgan fingerprint density at radius 3 is 2.08 bits per heavy atom. The highest BCUT2D eigenvalue weighted by molar-refractivity contribution is 6.99. The number of benzene rings is 3. The zero-order chi connectivity index (χ0) is 28.7. The lowest BCUT2D eigenvalue weighted by Crippen LogP contribution is -2.66. The van der Waals surface area contributed by atoms with E-state index >= 15 is 0 Å². The van der Waals surface area contributed by atoms with Crippen LogP contribution in [0.4, 0.5) is 14.6 Å². The van der Waals surface area contributed by atoms with Gasteiger partial charge in [-0.15, -0.1) is 0 Å². The molecule has 2 unspecified atom stereocenters. The topological polar surface area (TPSA) is 76.4 Å². The maximum absolute atomic E-state index is 14.3. The van der Waals surface area contributed by atoms with E-state index in [0.717, 1.165) is 16.4 Å². The summed E-state index contributed by atoms with van der Waals surface area (Å²) in [6.07, 6.45) is 0.270. The highest BCUT2D eigenvalue weighted by Gasteiger charge is 2.53. The van der Waals surface area contributed by atoms with Crippen LogP contribution in [0.3, 0.4) is 0 Å². The predicted octanol–water partition coefficient (Wildman–Crippen LogP) is 5.09. The van der Waals surface area contributed by atoms with Gasteiger partial charge in [0.25, 0.3) is 14.2 Å². The molecule has 1 aliphatic rings. The molecule has 1 amide bonds. The Morgan fingerprint density at radius 1 is 1.02 bits per heavy atom. The number of carbonyl (C=O) groups is 1. The van der Waals surface area contributed by atoms with Crippen LogP contribution in [0.25, 0.3) is 0 Å². The first kappa shape index (κ1) is 27.9. The first-order valence-corrected chi connectivity index (χ1v) is 15.2. The van der Waals surface area contributed by atoms with Crippen molar-refractivity contribution in [1.29, 1.82) is 0 Å². The number of aliphatic hydroxyl groups is 1. The number of anilines is 1. The van der Waals surface area contributed by atoms with E-state index in [9.17, 15) is 18.7 Å². The number of halogens is 2. The lowest BCUT2D eigenvalue weighted by atomic mass is 10.0. The van der Waals surface area contributed by atoms with Gasteiger partial charge in [-0.3, -0.25) is 4.79 Å². The van der Waals surface area contributed by atoms with Crippen molar-refractivity contribution in [2.45, 2.75) is 57.4 Å². The average Bonchev–Trinajstić information content (AvgIpc) is 3.46. The van der Waals surface area contributed by atoms with Crippen molar-refractivity contribution in [1.82, 2.24) is 9.55 Å². The van der Waals surface area contributed by atoms with Gasteiger partial charge in [-0.2, -0.15) is 0 Å². The number of amides is 1. The predicted molar refractivity (Wildman–Crippen MR) is 153 cm³/mol. The van der Waals surface area contributed by atoms with Crippen LogP contribution in [0.15, 0.2) is 85.1 Å². The van der Waals surface area contributed by atoms with E-state index in [1.165, 1.54) is 19.1 Å². The van der Waals surface area contributed by atoms with Crippen LogP contribution in [0.1, 0.15) is 57.6 Å². The number of hydrogen-bond acceptors (Lipinski definition) is 4. The molecule has 0 bridgehead atoms. The fourth-order valence-electron chi connectivity index (χ4n) is 5.68. The van der Waals surface area contributed by atoms with E-state index in [2.05, 4.69) is 50.4 Å². The Kier molecular flexibility index (Phi) is 7.47. The molecule has 6 nitrogen and oxygen atoms in total. The maximum atomic E-state index is 14.3. The van der Waals surface area contributed by atoms with Crippen molar-refractivity contribution in [3.63, 3.8) is 0 Å². The molecule has 0 radical (unpaired) electrons. The molecule has 2 heterocycles. The van der Waals surface area contributed by atoms with E-state index in [1.807, 2.05) is 41.0 Å². The van der Waals surface area contributed by atoms with Crippen LogP contribution in [0, 0.1) is 11.6 Å². The number of aromatic nitrogens is 2. The van der Waals surface area contributed by atoms with Crippen molar-refractivity contribution in [2.75, 3.05) is 5.32 Å². The third kappa shape index (κ3) is 5.12. The van der Waals surface area contributed by atoms with Crippen LogP contribution >= 0.6 is 0 Å². The number of hydrogen-bond donors (Lipinski definition) is 2. The average molecular weight is 562 g/mol. The standard InChI is InChI=1S/C31H33F2N3O3Si/c1-20(37)30(38)35-28-19-36-26(21-15-22(32)17-23(33)16-21)18-27(29(36)34-28)39-40(31(2,3)4,24-11-7-5-8-12-24)25-13-9-6-10-14-25/h5-17,19-20,26-27,37H,18H2,1-4H3,(H,35,38)/t20-,26?,27?/m1/s1. The third-order valence-electron chi connectivity index (χ3n) is 7.46. The minimum atomic E-state index is -3.00. The first-order chi connectivity index (χ1) is 19.0. The number of rotatable bonds is 7. The lowest BCUT2D eigenvalue weighted by Gasteiger charge is -2.44. The summed E-state index contributed by atoms with van der Waals surface area (Å²) in [6, 6.07) is 23.4. The summed E-state index contributed by atoms with van der Waals surface area (Å²) in [7, 11) is -3.00. The summed E-state index contributed by atoms with van der Waals surface area (Å²) < 4.78 is 37.8. The molecule has 0 fully saturated rings. The van der Waals surface area contributed by atoms with Crippen LogP contribution in [0.2, 0.25) is 5.04 Å². The third-order valence-corrected chi connectivity index (χ3v) is 12.5. The summed E-state index contributed by atoms with van der Waals surface area (Å²) in [5.74, 6) is -1.16. The molecule has 4 aromatic rings. The Labute approximate surface area is 233 Å². The van der Waals surface area contributed by atoms with Gasteiger partial charge in [-0.25, -0.2) is 13.8 Å². The van der Waals surface area contributed by atoms with Gasteiger partial charge in [-0.1, -0.05) is 81.4 Å². The molecular formula is C31H33F2N3O3Si. The molecule has 9 heteroatoms.